The molecule has 0 aromatic rings. The highest BCUT2D eigenvalue weighted by Gasteiger charge is 1.95. The zero-order chi connectivity index (χ0) is 12.8. The number of ketones is 1. The Labute approximate surface area is 106 Å². The van der Waals surface area contributed by atoms with E-state index in [0.29, 0.717) is 6.61 Å². The molecule has 0 heterocycles. The number of ether oxygens (including phenoxy) is 1. The average Bonchev–Trinajstić information content (AvgIpc) is 2.20. The molecule has 0 unspecified atom stereocenters. The Morgan fingerprint density at radius 1 is 0.882 bits per heavy atom. The minimum absolute atomic E-state index is 0. The summed E-state index contributed by atoms with van der Waals surface area (Å²) in [7, 11) is 0. The first-order valence-corrected chi connectivity index (χ1v) is 6.11. The second-order valence-electron chi connectivity index (χ2n) is 3.95. The van der Waals surface area contributed by atoms with E-state index in [1.54, 1.807) is 6.92 Å². The van der Waals surface area contributed by atoms with Crippen LogP contribution in [0, 0.1) is 0 Å². The highest BCUT2D eigenvalue weighted by molar-refractivity contribution is 5.72. The summed E-state index contributed by atoms with van der Waals surface area (Å²) in [5, 5.41) is 0. The van der Waals surface area contributed by atoms with Crippen LogP contribution in [0.15, 0.2) is 0 Å². The van der Waals surface area contributed by atoms with E-state index in [-0.39, 0.29) is 17.9 Å². The Hall–Kier alpha value is -0.900. The molecule has 4 heteroatoms. The molecular weight excluding hydrogens is 218 g/mol. The number of carbonyl (C=O) groups excluding carboxylic acids is 2. The van der Waals surface area contributed by atoms with Crippen LogP contribution in [0.25, 0.3) is 0 Å². The Bertz CT molecular complexity index is 162. The summed E-state index contributed by atoms with van der Waals surface area (Å²) < 4.78 is 4.40. The number of hydrogen-bond acceptors (Lipinski definition) is 4. The first kappa shape index (κ1) is 21.4. The van der Waals surface area contributed by atoms with Crippen molar-refractivity contribution in [3.8, 4) is 0 Å². The second kappa shape index (κ2) is 17.5. The lowest BCUT2D eigenvalue weighted by Crippen LogP contribution is -1.95. The Morgan fingerprint density at radius 3 is 1.18 bits per heavy atom. The van der Waals surface area contributed by atoms with Crippen LogP contribution in [0.5, 0.6) is 0 Å². The van der Waals surface area contributed by atoms with Crippen LogP contribution >= 0.6 is 0 Å². The molecule has 0 amide bonds. The molecule has 1 aliphatic rings. The van der Waals surface area contributed by atoms with Gasteiger partial charge in [-0.05, 0) is 20.8 Å². The van der Waals surface area contributed by atoms with Crippen molar-refractivity contribution in [3.05, 3.63) is 0 Å². The van der Waals surface area contributed by atoms with Crippen LogP contribution in [0.3, 0.4) is 0 Å². The van der Waals surface area contributed by atoms with E-state index in [9.17, 15) is 9.59 Å². The van der Waals surface area contributed by atoms with Gasteiger partial charge in [0.25, 0.3) is 0 Å². The van der Waals surface area contributed by atoms with Crippen molar-refractivity contribution in [2.45, 2.75) is 66.2 Å². The molecule has 1 fully saturated rings. The van der Waals surface area contributed by atoms with Crippen molar-refractivity contribution in [3.63, 3.8) is 0 Å². The van der Waals surface area contributed by atoms with Gasteiger partial charge in [-0.2, -0.15) is 0 Å². The third kappa shape index (κ3) is 39.5. The maximum Gasteiger partial charge on any atom is 0.302 e. The zero-order valence-corrected chi connectivity index (χ0v) is 11.9. The number of carbonyl (C=O) groups is 2. The van der Waals surface area contributed by atoms with Crippen LogP contribution in [0.1, 0.15) is 66.2 Å². The molecule has 1 saturated carbocycles. The molecule has 0 aliphatic heterocycles. The molecule has 104 valence electrons. The number of Topliss-reactive ketones (excluding diaryl/α,β-unsaturated/α-hetero) is 1. The van der Waals surface area contributed by atoms with Gasteiger partial charge < -0.3 is 15.7 Å². The summed E-state index contributed by atoms with van der Waals surface area (Å²) in [6.07, 6.45) is 9.00. The van der Waals surface area contributed by atoms with Gasteiger partial charge in [-0.15, -0.1) is 0 Å². The van der Waals surface area contributed by atoms with E-state index < -0.39 is 0 Å². The van der Waals surface area contributed by atoms with E-state index in [4.69, 9.17) is 0 Å². The Morgan fingerprint density at radius 2 is 1.12 bits per heavy atom. The van der Waals surface area contributed by atoms with Gasteiger partial charge in [-0.1, -0.05) is 38.5 Å². The molecule has 0 bridgehead atoms. The van der Waals surface area contributed by atoms with E-state index in [1.807, 2.05) is 0 Å². The van der Waals surface area contributed by atoms with Crippen LogP contribution in [0.2, 0.25) is 0 Å². The lowest BCUT2D eigenvalue weighted by atomic mass is 10.0. The van der Waals surface area contributed by atoms with Gasteiger partial charge in [0, 0.05) is 6.92 Å². The predicted molar refractivity (Wildman–Crippen MR) is 71.4 cm³/mol. The molecule has 0 spiro atoms. The van der Waals surface area contributed by atoms with Gasteiger partial charge in [0.2, 0.25) is 0 Å². The topological polar surface area (TPSA) is 78.4 Å². The molecule has 0 radical (unpaired) electrons. The maximum atomic E-state index is 9.82. The van der Waals surface area contributed by atoms with Crippen molar-refractivity contribution < 1.29 is 14.3 Å². The smallest absolute Gasteiger partial charge is 0.302 e. The summed E-state index contributed by atoms with van der Waals surface area (Å²) >= 11 is 0. The molecule has 0 aromatic carbocycles. The average molecular weight is 247 g/mol. The largest absolute Gasteiger partial charge is 0.466 e. The summed E-state index contributed by atoms with van der Waals surface area (Å²) in [5.41, 5.74) is 0. The van der Waals surface area contributed by atoms with Crippen LogP contribution in [-0.4, -0.2) is 18.4 Å². The van der Waals surface area contributed by atoms with Gasteiger partial charge in [0.05, 0.1) is 6.61 Å². The monoisotopic (exact) mass is 247 g/mol. The number of esters is 1. The van der Waals surface area contributed by atoms with Crippen molar-refractivity contribution in [2.75, 3.05) is 6.61 Å². The molecule has 3 N–H and O–H groups in total. The molecule has 1 rings (SSSR count). The highest BCUT2D eigenvalue weighted by Crippen LogP contribution is 2.15. The molecule has 0 saturated heterocycles. The molecular formula is C13H29NO3. The highest BCUT2D eigenvalue weighted by atomic mass is 16.5. The van der Waals surface area contributed by atoms with Crippen molar-refractivity contribution >= 4 is 11.8 Å². The minimum atomic E-state index is -0.211. The maximum absolute atomic E-state index is 9.82. The van der Waals surface area contributed by atoms with Crippen LogP contribution in [0.4, 0.5) is 0 Å². The fourth-order valence-corrected chi connectivity index (χ4v) is 1.26. The third-order valence-electron chi connectivity index (χ3n) is 1.85. The summed E-state index contributed by atoms with van der Waals surface area (Å²) in [6.45, 7) is 6.71. The zero-order valence-electron chi connectivity index (χ0n) is 11.9. The summed E-state index contributed by atoms with van der Waals surface area (Å²) in [6, 6.07) is 0. The lowest BCUT2D eigenvalue weighted by molar-refractivity contribution is -0.140. The van der Waals surface area contributed by atoms with Gasteiger partial charge in [-0.3, -0.25) is 4.79 Å². The van der Waals surface area contributed by atoms with E-state index in [1.165, 1.54) is 59.3 Å². The molecule has 4 nitrogen and oxygen atoms in total. The molecule has 17 heavy (non-hydrogen) atoms. The van der Waals surface area contributed by atoms with E-state index >= 15 is 0 Å². The van der Waals surface area contributed by atoms with Gasteiger partial charge in [0.15, 0.2) is 0 Å². The molecule has 1 aliphatic carbocycles. The standard InChI is InChI=1S/C6H12.C4H8O2.C3H6O.H3N/c1-2-4-6-5-3-1;1-3-6-4(2)5;1-3(2)4;/h1-6H2;3H2,1-2H3;1-2H3;1H3. The van der Waals surface area contributed by atoms with Gasteiger partial charge >= 0.3 is 5.97 Å². The number of hydrogen-bond donors (Lipinski definition) is 1. The van der Waals surface area contributed by atoms with Crippen LogP contribution in [-0.2, 0) is 14.3 Å². The lowest BCUT2D eigenvalue weighted by Gasteiger charge is -2.05. The minimum Gasteiger partial charge on any atom is -0.466 e. The van der Waals surface area contributed by atoms with Crippen molar-refractivity contribution in [1.82, 2.24) is 6.15 Å². The molecule has 0 aromatic heterocycles. The Kier molecular flexibility index (Phi) is 22.0. The fourth-order valence-electron chi connectivity index (χ4n) is 1.26. The van der Waals surface area contributed by atoms with Crippen molar-refractivity contribution in [1.29, 1.82) is 0 Å². The SMILES string of the molecule is C1CCCCC1.CC(C)=O.CCOC(C)=O.N. The first-order chi connectivity index (χ1) is 7.50. The Balaban J connectivity index is -0.000000172. The first-order valence-electron chi connectivity index (χ1n) is 6.11. The summed E-state index contributed by atoms with van der Waals surface area (Å²) in [4.78, 5) is 19.3. The quantitative estimate of drug-likeness (QED) is 0.717. The fraction of sp³-hybridized carbons (Fsp3) is 0.846. The van der Waals surface area contributed by atoms with Gasteiger partial charge in [-0.25, -0.2) is 0 Å². The third-order valence-corrected chi connectivity index (χ3v) is 1.85. The van der Waals surface area contributed by atoms with E-state index in [0.717, 1.165) is 0 Å². The van der Waals surface area contributed by atoms with Gasteiger partial charge in [0.1, 0.15) is 5.78 Å². The van der Waals surface area contributed by atoms with Crippen LogP contribution < -0.4 is 6.15 Å². The molecule has 0 atom stereocenters. The number of rotatable bonds is 1. The predicted octanol–water partition coefficient (Wildman–Crippen LogP) is 3.67. The normalized spacial score (nSPS) is 12.7. The van der Waals surface area contributed by atoms with Crippen molar-refractivity contribution in [2.24, 2.45) is 0 Å². The second-order valence-corrected chi connectivity index (χ2v) is 3.95. The summed E-state index contributed by atoms with van der Waals surface area (Å²) in [5.74, 6) is -0.0440. The van der Waals surface area contributed by atoms with E-state index in [2.05, 4.69) is 4.74 Å².